The van der Waals surface area contributed by atoms with Crippen molar-refractivity contribution in [3.05, 3.63) is 38.9 Å². The van der Waals surface area contributed by atoms with E-state index >= 15 is 0 Å². The Labute approximate surface area is 102 Å². The number of nitro groups is 1. The Hall–Kier alpha value is -1.95. The van der Waals surface area contributed by atoms with Gasteiger partial charge in [0.25, 0.3) is 6.04 Å². The Morgan fingerprint density at radius 3 is 2.71 bits per heavy atom. The molecule has 1 N–H and O–H groups in total. The van der Waals surface area contributed by atoms with Crippen LogP contribution in [0.25, 0.3) is 0 Å². The number of aldehydes is 1. The predicted octanol–water partition coefficient (Wildman–Crippen LogP) is 1.82. The van der Waals surface area contributed by atoms with Crippen molar-refractivity contribution >= 4 is 29.5 Å². The minimum Gasteiger partial charge on any atom is -0.326 e. The molecule has 6 nitrogen and oxygen atoms in total. The zero-order chi connectivity index (χ0) is 13.0. The smallest absolute Gasteiger partial charge is 0.293 e. The maximum atomic E-state index is 10.8. The van der Waals surface area contributed by atoms with Gasteiger partial charge in [-0.05, 0) is 18.2 Å². The molecule has 0 aliphatic heterocycles. The Morgan fingerprint density at radius 2 is 2.24 bits per heavy atom. The van der Waals surface area contributed by atoms with Gasteiger partial charge in [0.2, 0.25) is 5.91 Å². The molecule has 17 heavy (non-hydrogen) atoms. The minimum absolute atomic E-state index is 0.0536. The number of benzene rings is 1. The molecule has 1 amide bonds. The van der Waals surface area contributed by atoms with Gasteiger partial charge >= 0.3 is 0 Å². The third-order valence-corrected chi connectivity index (χ3v) is 2.34. The van der Waals surface area contributed by atoms with E-state index in [9.17, 15) is 19.7 Å². The number of halogens is 1. The lowest BCUT2D eigenvalue weighted by atomic mass is 10.1. The predicted molar refractivity (Wildman–Crippen MR) is 61.6 cm³/mol. The van der Waals surface area contributed by atoms with Crippen molar-refractivity contribution in [2.24, 2.45) is 0 Å². The van der Waals surface area contributed by atoms with Crippen molar-refractivity contribution in [3.63, 3.8) is 0 Å². The lowest BCUT2D eigenvalue weighted by Crippen LogP contribution is -2.13. The van der Waals surface area contributed by atoms with Crippen molar-refractivity contribution in [3.8, 4) is 0 Å². The number of hydrogen-bond donors (Lipinski definition) is 1. The number of carbonyl (C=O) groups excluding carboxylic acids is 2. The van der Waals surface area contributed by atoms with Crippen molar-refractivity contribution in [1.82, 2.24) is 0 Å². The van der Waals surface area contributed by atoms with Crippen LogP contribution in [0, 0.1) is 10.1 Å². The summed E-state index contributed by atoms with van der Waals surface area (Å²) in [5, 5.41) is 13.2. The monoisotopic (exact) mass is 256 g/mol. The average Bonchev–Trinajstić information content (AvgIpc) is 2.22. The van der Waals surface area contributed by atoms with Crippen LogP contribution >= 0.6 is 11.6 Å². The van der Waals surface area contributed by atoms with Gasteiger partial charge in [0.05, 0.1) is 10.6 Å². The normalized spacial score (nSPS) is 11.6. The minimum atomic E-state index is -1.53. The average molecular weight is 257 g/mol. The Morgan fingerprint density at radius 1 is 1.59 bits per heavy atom. The van der Waals surface area contributed by atoms with Gasteiger partial charge in [-0.1, -0.05) is 11.6 Å². The second-order valence-electron chi connectivity index (χ2n) is 3.28. The number of nitrogens with zero attached hydrogens (tertiary/aromatic N) is 1. The van der Waals surface area contributed by atoms with E-state index in [0.29, 0.717) is 5.69 Å². The summed E-state index contributed by atoms with van der Waals surface area (Å²) in [6.07, 6.45) is 0.193. The van der Waals surface area contributed by atoms with Crippen LogP contribution in [0.5, 0.6) is 0 Å². The van der Waals surface area contributed by atoms with Crippen LogP contribution in [-0.4, -0.2) is 17.1 Å². The highest BCUT2D eigenvalue weighted by Gasteiger charge is 2.24. The van der Waals surface area contributed by atoms with Crippen molar-refractivity contribution in [2.45, 2.75) is 13.0 Å². The summed E-state index contributed by atoms with van der Waals surface area (Å²) < 4.78 is 0. The fraction of sp³-hybridized carbons (Fsp3) is 0.200. The lowest BCUT2D eigenvalue weighted by Gasteiger charge is -2.08. The van der Waals surface area contributed by atoms with E-state index < -0.39 is 11.0 Å². The molecule has 1 atom stereocenters. The van der Waals surface area contributed by atoms with E-state index in [1.807, 2.05) is 0 Å². The second-order valence-corrected chi connectivity index (χ2v) is 3.69. The Kier molecular flexibility index (Phi) is 4.17. The van der Waals surface area contributed by atoms with Crippen LogP contribution in [0.1, 0.15) is 18.5 Å². The van der Waals surface area contributed by atoms with Gasteiger partial charge in [0.1, 0.15) is 0 Å². The van der Waals surface area contributed by atoms with E-state index in [1.54, 1.807) is 0 Å². The molecule has 0 heterocycles. The van der Waals surface area contributed by atoms with Gasteiger partial charge in [-0.3, -0.25) is 19.7 Å². The molecule has 0 saturated carbocycles. The van der Waals surface area contributed by atoms with Gasteiger partial charge in [0.15, 0.2) is 6.29 Å². The zero-order valence-corrected chi connectivity index (χ0v) is 9.60. The highest BCUT2D eigenvalue weighted by Crippen LogP contribution is 2.27. The first-order valence-electron chi connectivity index (χ1n) is 4.61. The summed E-state index contributed by atoms with van der Waals surface area (Å²) in [5.41, 5.74) is 0.406. The second kappa shape index (κ2) is 5.40. The largest absolute Gasteiger partial charge is 0.326 e. The molecule has 0 bridgehead atoms. The summed E-state index contributed by atoms with van der Waals surface area (Å²) in [6.45, 7) is 1.30. The molecule has 1 aromatic rings. The number of rotatable bonds is 4. The van der Waals surface area contributed by atoms with Crippen LogP contribution in [0.4, 0.5) is 5.69 Å². The van der Waals surface area contributed by atoms with E-state index in [2.05, 4.69) is 5.32 Å². The number of amides is 1. The molecule has 0 fully saturated rings. The summed E-state index contributed by atoms with van der Waals surface area (Å²) in [6, 6.07) is 2.67. The van der Waals surface area contributed by atoms with Crippen molar-refractivity contribution < 1.29 is 14.5 Å². The van der Waals surface area contributed by atoms with Gasteiger partial charge in [-0.25, -0.2) is 0 Å². The van der Waals surface area contributed by atoms with Gasteiger partial charge in [0, 0.05) is 17.5 Å². The number of carbonyl (C=O) groups is 2. The maximum Gasteiger partial charge on any atom is 0.293 e. The van der Waals surface area contributed by atoms with Crippen molar-refractivity contribution in [2.75, 3.05) is 5.32 Å². The summed E-state index contributed by atoms with van der Waals surface area (Å²) >= 11 is 5.77. The maximum absolute atomic E-state index is 10.8. The number of anilines is 1. The molecule has 90 valence electrons. The molecule has 1 rings (SSSR count). The highest BCUT2D eigenvalue weighted by molar-refractivity contribution is 6.31. The first-order chi connectivity index (χ1) is 7.95. The third kappa shape index (κ3) is 3.25. The highest BCUT2D eigenvalue weighted by atomic mass is 35.5. The Balaban J connectivity index is 3.17. The molecule has 0 spiro atoms. The number of hydrogen-bond acceptors (Lipinski definition) is 4. The molecule has 1 aromatic carbocycles. The molecule has 0 radical (unpaired) electrons. The molecular weight excluding hydrogens is 248 g/mol. The van der Waals surface area contributed by atoms with Gasteiger partial charge < -0.3 is 5.32 Å². The van der Waals surface area contributed by atoms with Crippen LogP contribution in [0.2, 0.25) is 5.02 Å². The summed E-state index contributed by atoms with van der Waals surface area (Å²) in [7, 11) is 0. The fourth-order valence-corrected chi connectivity index (χ4v) is 1.52. The molecule has 0 aliphatic rings. The van der Waals surface area contributed by atoms with E-state index in [1.165, 1.54) is 25.1 Å². The van der Waals surface area contributed by atoms with E-state index in [-0.39, 0.29) is 22.8 Å². The van der Waals surface area contributed by atoms with Crippen LogP contribution in [0.3, 0.4) is 0 Å². The van der Waals surface area contributed by atoms with Gasteiger partial charge in [-0.2, -0.15) is 0 Å². The SMILES string of the molecule is CC(=O)Nc1ccc(Cl)c(C(C=O)[N+](=O)[O-])c1. The van der Waals surface area contributed by atoms with Crippen molar-refractivity contribution in [1.29, 1.82) is 0 Å². The fourth-order valence-electron chi connectivity index (χ4n) is 1.29. The molecule has 0 aliphatic carbocycles. The quantitative estimate of drug-likeness (QED) is 0.505. The first-order valence-corrected chi connectivity index (χ1v) is 4.99. The standard InChI is InChI=1S/C10H9ClN2O4/c1-6(15)12-7-2-3-9(11)8(4-7)10(5-14)13(16)17/h2-5,10H,1H3,(H,12,15). The summed E-state index contributed by atoms with van der Waals surface area (Å²) in [5.74, 6) is -0.318. The molecule has 0 aromatic heterocycles. The Bertz CT molecular complexity index is 475. The summed E-state index contributed by atoms with van der Waals surface area (Å²) in [4.78, 5) is 31.4. The molecular formula is C10H9ClN2O4. The van der Waals surface area contributed by atoms with Crippen LogP contribution in [0.15, 0.2) is 18.2 Å². The third-order valence-electron chi connectivity index (χ3n) is 1.99. The van der Waals surface area contributed by atoms with Crippen LogP contribution in [-0.2, 0) is 9.59 Å². The zero-order valence-electron chi connectivity index (χ0n) is 8.84. The number of nitrogens with one attached hydrogen (secondary N) is 1. The molecule has 1 unspecified atom stereocenters. The topological polar surface area (TPSA) is 89.3 Å². The first kappa shape index (κ1) is 13.1. The van der Waals surface area contributed by atoms with Crippen LogP contribution < -0.4 is 5.32 Å². The van der Waals surface area contributed by atoms with E-state index in [4.69, 9.17) is 11.6 Å². The van der Waals surface area contributed by atoms with Gasteiger partial charge in [-0.15, -0.1) is 0 Å². The van der Waals surface area contributed by atoms with E-state index in [0.717, 1.165) is 0 Å². The molecule has 0 saturated heterocycles. The lowest BCUT2D eigenvalue weighted by molar-refractivity contribution is -0.511. The molecule has 7 heteroatoms.